The predicted octanol–water partition coefficient (Wildman–Crippen LogP) is 2.05. The molecule has 2 aromatic rings. The van der Waals surface area contributed by atoms with Crippen molar-refractivity contribution in [2.75, 3.05) is 39.2 Å². The molecule has 130 valence electrons. The number of likely N-dealkylation sites (tertiary alicyclic amines) is 1. The largest absolute Gasteiger partial charge is 0.383 e. The molecule has 3 rings (SSSR count). The first-order chi connectivity index (χ1) is 11.7. The molecule has 1 unspecified atom stereocenters. The molecule has 1 fully saturated rings. The molecular formula is C16H23N5O2S. The number of thiazole rings is 1. The van der Waals surface area contributed by atoms with Crippen LogP contribution in [0.3, 0.4) is 0 Å². The van der Waals surface area contributed by atoms with Crippen molar-refractivity contribution in [3.05, 3.63) is 29.3 Å². The van der Waals surface area contributed by atoms with Gasteiger partial charge in [0.15, 0.2) is 5.13 Å². The Morgan fingerprint density at radius 3 is 3.17 bits per heavy atom. The van der Waals surface area contributed by atoms with Crippen molar-refractivity contribution in [2.45, 2.75) is 25.3 Å². The molecule has 1 amide bonds. The topological polar surface area (TPSA) is 72.3 Å². The molecule has 7 nitrogen and oxygen atoms in total. The molecule has 2 aromatic heterocycles. The number of hydrogen-bond acceptors (Lipinski definition) is 6. The molecule has 0 aromatic carbocycles. The number of imidazole rings is 1. The maximum atomic E-state index is 12.7. The van der Waals surface area contributed by atoms with Gasteiger partial charge in [-0.05, 0) is 12.8 Å². The number of ether oxygens (including phenoxy) is 1. The molecule has 8 heteroatoms. The van der Waals surface area contributed by atoms with Crippen molar-refractivity contribution in [1.82, 2.24) is 19.4 Å². The van der Waals surface area contributed by atoms with E-state index in [9.17, 15) is 4.79 Å². The summed E-state index contributed by atoms with van der Waals surface area (Å²) in [5.74, 6) is 1.31. The summed E-state index contributed by atoms with van der Waals surface area (Å²) in [6, 6.07) is 0. The molecule has 1 N–H and O–H groups in total. The molecule has 3 heterocycles. The first-order valence-electron chi connectivity index (χ1n) is 8.15. The number of anilines is 1. The molecule has 1 atom stereocenters. The second-order valence-corrected chi connectivity index (χ2v) is 6.71. The van der Waals surface area contributed by atoms with E-state index < -0.39 is 0 Å². The molecule has 0 spiro atoms. The van der Waals surface area contributed by atoms with E-state index in [1.54, 1.807) is 7.11 Å². The lowest BCUT2D eigenvalue weighted by Gasteiger charge is -2.32. The normalized spacial score (nSPS) is 17.9. The number of rotatable bonds is 6. The van der Waals surface area contributed by atoms with Gasteiger partial charge in [-0.1, -0.05) is 0 Å². The number of aromatic nitrogens is 3. The number of nitrogens with one attached hydrogen (secondary N) is 1. The fourth-order valence-corrected chi connectivity index (χ4v) is 3.73. The zero-order valence-corrected chi connectivity index (χ0v) is 14.9. The molecule has 1 aliphatic heterocycles. The average Bonchev–Trinajstić information content (AvgIpc) is 3.28. The van der Waals surface area contributed by atoms with Gasteiger partial charge in [0.25, 0.3) is 5.91 Å². The highest BCUT2D eigenvalue weighted by molar-refractivity contribution is 7.13. The quantitative estimate of drug-likeness (QED) is 0.864. The van der Waals surface area contributed by atoms with Gasteiger partial charge < -0.3 is 19.5 Å². The van der Waals surface area contributed by atoms with E-state index in [1.807, 2.05) is 29.7 Å². The van der Waals surface area contributed by atoms with E-state index in [1.165, 1.54) is 11.3 Å². The fraction of sp³-hybridized carbons (Fsp3) is 0.562. The summed E-state index contributed by atoms with van der Waals surface area (Å²) in [7, 11) is 3.51. The van der Waals surface area contributed by atoms with Crippen LogP contribution in [0.5, 0.6) is 0 Å². The lowest BCUT2D eigenvalue weighted by atomic mass is 9.97. The summed E-state index contributed by atoms with van der Waals surface area (Å²) in [5.41, 5.74) is 0.521. The third kappa shape index (κ3) is 3.59. The van der Waals surface area contributed by atoms with Gasteiger partial charge in [-0.3, -0.25) is 4.79 Å². The van der Waals surface area contributed by atoms with Crippen LogP contribution in [-0.4, -0.2) is 59.2 Å². The Balaban J connectivity index is 1.70. The first-order valence-corrected chi connectivity index (χ1v) is 9.03. The Labute approximate surface area is 145 Å². The standard InChI is InChI=1S/C16H23N5O2S/c1-17-16-19-13(11-24-16)15(22)21-6-3-4-12(10-21)14-18-5-7-20(14)8-9-23-2/h5,7,11-12H,3-4,6,8-10H2,1-2H3,(H,17,19). The second kappa shape index (κ2) is 7.76. The van der Waals surface area contributed by atoms with Crippen LogP contribution in [0.25, 0.3) is 0 Å². The van der Waals surface area contributed by atoms with Gasteiger partial charge in [-0.15, -0.1) is 11.3 Å². The molecule has 24 heavy (non-hydrogen) atoms. The van der Waals surface area contributed by atoms with Crippen LogP contribution < -0.4 is 5.32 Å². The van der Waals surface area contributed by atoms with Crippen LogP contribution in [0, 0.1) is 0 Å². The number of nitrogens with zero attached hydrogens (tertiary/aromatic N) is 4. The van der Waals surface area contributed by atoms with E-state index in [-0.39, 0.29) is 11.8 Å². The van der Waals surface area contributed by atoms with Crippen molar-refractivity contribution in [2.24, 2.45) is 0 Å². The third-order valence-corrected chi connectivity index (χ3v) is 5.15. The van der Waals surface area contributed by atoms with Crippen LogP contribution >= 0.6 is 11.3 Å². The van der Waals surface area contributed by atoms with Crippen LogP contribution in [0.2, 0.25) is 0 Å². The van der Waals surface area contributed by atoms with Gasteiger partial charge in [-0.25, -0.2) is 9.97 Å². The van der Waals surface area contributed by atoms with Crippen LogP contribution in [0.4, 0.5) is 5.13 Å². The number of carbonyl (C=O) groups excluding carboxylic acids is 1. The van der Waals surface area contributed by atoms with Gasteiger partial charge >= 0.3 is 0 Å². The summed E-state index contributed by atoms with van der Waals surface area (Å²) in [6.45, 7) is 2.91. The van der Waals surface area contributed by atoms with Gasteiger partial charge in [-0.2, -0.15) is 0 Å². The Hall–Kier alpha value is -1.93. The zero-order valence-electron chi connectivity index (χ0n) is 14.1. The van der Waals surface area contributed by atoms with Crippen molar-refractivity contribution in [3.63, 3.8) is 0 Å². The van der Waals surface area contributed by atoms with Gasteiger partial charge in [0.2, 0.25) is 0 Å². The summed E-state index contributed by atoms with van der Waals surface area (Å²) >= 11 is 1.45. The van der Waals surface area contributed by atoms with E-state index in [0.29, 0.717) is 18.8 Å². The summed E-state index contributed by atoms with van der Waals surface area (Å²) < 4.78 is 7.29. The predicted molar refractivity (Wildman–Crippen MR) is 93.6 cm³/mol. The van der Waals surface area contributed by atoms with Crippen molar-refractivity contribution in [1.29, 1.82) is 0 Å². The first kappa shape index (κ1) is 16.9. The monoisotopic (exact) mass is 349 g/mol. The van der Waals surface area contributed by atoms with Gasteiger partial charge in [0.1, 0.15) is 11.5 Å². The fourth-order valence-electron chi connectivity index (χ4n) is 3.08. The molecule has 0 aliphatic carbocycles. The van der Waals surface area contributed by atoms with Crippen LogP contribution in [-0.2, 0) is 11.3 Å². The minimum absolute atomic E-state index is 0.00690. The van der Waals surface area contributed by atoms with E-state index in [4.69, 9.17) is 4.74 Å². The Morgan fingerprint density at radius 2 is 2.42 bits per heavy atom. The Morgan fingerprint density at radius 1 is 1.54 bits per heavy atom. The van der Waals surface area contributed by atoms with Gasteiger partial charge in [0.05, 0.1) is 6.61 Å². The Bertz CT molecular complexity index is 684. The molecule has 0 saturated carbocycles. The minimum atomic E-state index is 0.00690. The molecule has 1 saturated heterocycles. The molecule has 0 bridgehead atoms. The van der Waals surface area contributed by atoms with E-state index in [2.05, 4.69) is 19.9 Å². The number of amides is 1. The van der Waals surface area contributed by atoms with Crippen LogP contribution in [0.1, 0.15) is 35.1 Å². The zero-order chi connectivity index (χ0) is 16.9. The summed E-state index contributed by atoms with van der Waals surface area (Å²) in [6.07, 6.45) is 5.84. The second-order valence-electron chi connectivity index (χ2n) is 5.85. The van der Waals surface area contributed by atoms with Crippen molar-refractivity contribution < 1.29 is 9.53 Å². The number of piperidine rings is 1. The minimum Gasteiger partial charge on any atom is -0.383 e. The smallest absolute Gasteiger partial charge is 0.273 e. The lowest BCUT2D eigenvalue weighted by molar-refractivity contribution is 0.0697. The molecule has 0 radical (unpaired) electrons. The highest BCUT2D eigenvalue weighted by Crippen LogP contribution is 2.27. The van der Waals surface area contributed by atoms with Gasteiger partial charge in [0, 0.05) is 57.5 Å². The van der Waals surface area contributed by atoms with Crippen LogP contribution in [0.15, 0.2) is 17.8 Å². The maximum absolute atomic E-state index is 12.7. The molecular weight excluding hydrogens is 326 g/mol. The highest BCUT2D eigenvalue weighted by atomic mass is 32.1. The molecule has 1 aliphatic rings. The highest BCUT2D eigenvalue weighted by Gasteiger charge is 2.28. The third-order valence-electron chi connectivity index (χ3n) is 4.29. The average molecular weight is 349 g/mol. The Kier molecular flexibility index (Phi) is 5.47. The SMILES string of the molecule is CNc1nc(C(=O)N2CCCC(c3nccn3CCOC)C2)cs1. The van der Waals surface area contributed by atoms with E-state index in [0.717, 1.165) is 36.9 Å². The van der Waals surface area contributed by atoms with E-state index >= 15 is 0 Å². The summed E-state index contributed by atoms with van der Waals surface area (Å²) in [5, 5.41) is 5.56. The maximum Gasteiger partial charge on any atom is 0.273 e. The lowest BCUT2D eigenvalue weighted by Crippen LogP contribution is -2.40. The number of hydrogen-bond donors (Lipinski definition) is 1. The number of carbonyl (C=O) groups is 1. The summed E-state index contributed by atoms with van der Waals surface area (Å²) in [4.78, 5) is 23.4. The number of methoxy groups -OCH3 is 1. The van der Waals surface area contributed by atoms with Crippen molar-refractivity contribution >= 4 is 22.4 Å². The van der Waals surface area contributed by atoms with Crippen molar-refractivity contribution in [3.8, 4) is 0 Å².